The molecule has 0 bridgehead atoms. The van der Waals surface area contributed by atoms with Crippen molar-refractivity contribution in [2.75, 3.05) is 31.7 Å². The highest BCUT2D eigenvalue weighted by Gasteiger charge is 2.43. The minimum Gasteiger partial charge on any atom is -0.481 e. The fourth-order valence-corrected chi connectivity index (χ4v) is 3.70. The maximum absolute atomic E-state index is 6.18. The lowest BCUT2D eigenvalue weighted by atomic mass is 9.88. The summed E-state index contributed by atoms with van der Waals surface area (Å²) in [6.07, 6.45) is 6.38. The average molecular weight is 356 g/mol. The van der Waals surface area contributed by atoms with Gasteiger partial charge in [0.1, 0.15) is 12.1 Å². The van der Waals surface area contributed by atoms with Crippen molar-refractivity contribution in [2.45, 2.75) is 37.6 Å². The van der Waals surface area contributed by atoms with Crippen molar-refractivity contribution in [1.82, 2.24) is 15.0 Å². The first-order valence-corrected chi connectivity index (χ1v) is 9.03. The molecule has 7 heteroatoms. The van der Waals surface area contributed by atoms with Gasteiger partial charge in [-0.3, -0.25) is 4.98 Å². The van der Waals surface area contributed by atoms with Gasteiger partial charge in [0.05, 0.1) is 37.7 Å². The molecule has 2 aromatic heterocycles. The van der Waals surface area contributed by atoms with Gasteiger partial charge in [0.2, 0.25) is 5.88 Å². The monoisotopic (exact) mass is 356 g/mol. The minimum absolute atomic E-state index is 0.0671. The van der Waals surface area contributed by atoms with E-state index in [9.17, 15) is 0 Å². The Morgan fingerprint density at radius 1 is 1.23 bits per heavy atom. The number of ether oxygens (including phenoxy) is 3. The van der Waals surface area contributed by atoms with Crippen LogP contribution in [0.4, 0.5) is 5.82 Å². The molecule has 0 aromatic carbocycles. The maximum atomic E-state index is 6.18. The molecule has 1 atom stereocenters. The van der Waals surface area contributed by atoms with E-state index in [1.165, 1.54) is 0 Å². The fraction of sp³-hybridized carbons (Fsp3) is 0.526. The molecule has 1 spiro atoms. The highest BCUT2D eigenvalue weighted by molar-refractivity contribution is 5.41. The highest BCUT2D eigenvalue weighted by atomic mass is 16.6. The lowest BCUT2D eigenvalue weighted by Gasteiger charge is -2.39. The Bertz CT molecular complexity index is 720. The molecular formula is C19H24N4O3. The van der Waals surface area contributed by atoms with E-state index in [2.05, 4.69) is 19.9 Å². The molecule has 0 N–H and O–H groups in total. The van der Waals surface area contributed by atoms with Gasteiger partial charge >= 0.3 is 0 Å². The molecule has 2 fully saturated rings. The van der Waals surface area contributed by atoms with Crippen LogP contribution in [0.1, 0.15) is 25.0 Å². The predicted octanol–water partition coefficient (Wildman–Crippen LogP) is 2.22. The first-order chi connectivity index (χ1) is 12.8. The zero-order valence-electron chi connectivity index (χ0n) is 15.0. The topological polar surface area (TPSA) is 69.6 Å². The molecule has 2 saturated heterocycles. The first kappa shape index (κ1) is 17.2. The number of hydrogen-bond donors (Lipinski definition) is 0. The third-order valence-corrected chi connectivity index (χ3v) is 5.20. The van der Waals surface area contributed by atoms with Gasteiger partial charge in [-0.25, -0.2) is 9.97 Å². The van der Waals surface area contributed by atoms with Crippen LogP contribution < -0.4 is 9.64 Å². The van der Waals surface area contributed by atoms with Gasteiger partial charge in [-0.1, -0.05) is 6.07 Å². The lowest BCUT2D eigenvalue weighted by Crippen LogP contribution is -2.44. The molecule has 4 heterocycles. The second-order valence-corrected chi connectivity index (χ2v) is 6.86. The van der Waals surface area contributed by atoms with Gasteiger partial charge in [0, 0.05) is 31.8 Å². The summed E-state index contributed by atoms with van der Waals surface area (Å²) in [5.74, 6) is 1.50. The van der Waals surface area contributed by atoms with Crippen molar-refractivity contribution < 1.29 is 14.2 Å². The van der Waals surface area contributed by atoms with Gasteiger partial charge in [-0.2, -0.15) is 0 Å². The summed E-state index contributed by atoms with van der Waals surface area (Å²) in [6, 6.07) is 7.76. The molecule has 1 unspecified atom stereocenters. The fourth-order valence-electron chi connectivity index (χ4n) is 3.70. The molecule has 0 radical (unpaired) electrons. The Kier molecular flexibility index (Phi) is 4.99. The largest absolute Gasteiger partial charge is 0.481 e. The standard InChI is InChI=1S/C19H24N4O3/c1-24-18-10-17(21-14-22-18)23-8-5-19(6-9-23)11-16(13-26-19)25-12-15-4-2-3-7-20-15/h2-4,7,10,14,16H,5-6,8-9,11-13H2,1H3. The second kappa shape index (κ2) is 7.55. The Morgan fingerprint density at radius 2 is 2.12 bits per heavy atom. The Hall–Kier alpha value is -2.25. The third kappa shape index (κ3) is 3.78. The Labute approximate surface area is 153 Å². The zero-order chi connectivity index (χ0) is 17.8. The number of pyridine rings is 1. The van der Waals surface area contributed by atoms with Crippen molar-refractivity contribution in [1.29, 1.82) is 0 Å². The van der Waals surface area contributed by atoms with E-state index in [1.54, 1.807) is 19.6 Å². The summed E-state index contributed by atoms with van der Waals surface area (Å²) < 4.78 is 17.4. The predicted molar refractivity (Wildman–Crippen MR) is 96.1 cm³/mol. The van der Waals surface area contributed by atoms with Gasteiger partial charge in [-0.15, -0.1) is 0 Å². The van der Waals surface area contributed by atoms with Crippen LogP contribution in [-0.2, 0) is 16.1 Å². The van der Waals surface area contributed by atoms with Crippen molar-refractivity contribution >= 4 is 5.82 Å². The molecule has 0 amide bonds. The van der Waals surface area contributed by atoms with Crippen LogP contribution in [0, 0.1) is 0 Å². The van der Waals surface area contributed by atoms with Crippen LogP contribution in [0.15, 0.2) is 36.8 Å². The van der Waals surface area contributed by atoms with Crippen LogP contribution in [0.3, 0.4) is 0 Å². The molecule has 0 saturated carbocycles. The van der Waals surface area contributed by atoms with Gasteiger partial charge < -0.3 is 19.1 Å². The minimum atomic E-state index is -0.0671. The number of nitrogens with zero attached hydrogens (tertiary/aromatic N) is 4. The van der Waals surface area contributed by atoms with Crippen LogP contribution in [0.5, 0.6) is 5.88 Å². The number of aromatic nitrogens is 3. The van der Waals surface area contributed by atoms with E-state index in [4.69, 9.17) is 14.2 Å². The number of rotatable bonds is 5. The van der Waals surface area contributed by atoms with E-state index in [1.807, 2.05) is 24.3 Å². The van der Waals surface area contributed by atoms with Gasteiger partial charge in [0.25, 0.3) is 0 Å². The summed E-state index contributed by atoms with van der Waals surface area (Å²) in [7, 11) is 1.62. The molecular weight excluding hydrogens is 332 g/mol. The number of anilines is 1. The van der Waals surface area contributed by atoms with Crippen molar-refractivity contribution in [3.8, 4) is 5.88 Å². The van der Waals surface area contributed by atoms with E-state index in [-0.39, 0.29) is 11.7 Å². The Morgan fingerprint density at radius 3 is 2.88 bits per heavy atom. The van der Waals surface area contributed by atoms with Gasteiger partial charge in [-0.05, 0) is 25.0 Å². The lowest BCUT2D eigenvalue weighted by molar-refractivity contribution is -0.0205. The molecule has 4 rings (SSSR count). The van der Waals surface area contributed by atoms with Crippen LogP contribution in [0.25, 0.3) is 0 Å². The molecule has 2 aliphatic heterocycles. The Balaban J connectivity index is 1.30. The molecule has 7 nitrogen and oxygen atoms in total. The molecule has 138 valence electrons. The number of methoxy groups -OCH3 is 1. The summed E-state index contributed by atoms with van der Waals surface area (Å²) in [4.78, 5) is 15.0. The van der Waals surface area contributed by atoms with E-state index < -0.39 is 0 Å². The SMILES string of the molecule is COc1cc(N2CCC3(CC2)CC(OCc2ccccn2)CO3)ncn1. The zero-order valence-corrected chi connectivity index (χ0v) is 15.0. The molecule has 0 aliphatic carbocycles. The quantitative estimate of drug-likeness (QED) is 0.813. The van der Waals surface area contributed by atoms with Crippen molar-refractivity contribution in [2.24, 2.45) is 0 Å². The molecule has 2 aliphatic rings. The number of piperidine rings is 1. The number of hydrogen-bond acceptors (Lipinski definition) is 7. The smallest absolute Gasteiger partial charge is 0.218 e. The normalized spacial score (nSPS) is 21.9. The van der Waals surface area contributed by atoms with Crippen molar-refractivity contribution in [3.63, 3.8) is 0 Å². The van der Waals surface area contributed by atoms with Gasteiger partial charge in [0.15, 0.2) is 0 Å². The molecule has 26 heavy (non-hydrogen) atoms. The van der Waals surface area contributed by atoms with Crippen molar-refractivity contribution in [3.05, 3.63) is 42.5 Å². The van der Waals surface area contributed by atoms with Crippen LogP contribution in [-0.4, -0.2) is 53.5 Å². The molecule has 2 aromatic rings. The first-order valence-electron chi connectivity index (χ1n) is 9.03. The maximum Gasteiger partial charge on any atom is 0.218 e. The third-order valence-electron chi connectivity index (χ3n) is 5.20. The summed E-state index contributed by atoms with van der Waals surface area (Å²) >= 11 is 0. The van der Waals surface area contributed by atoms with Crippen LogP contribution in [0.2, 0.25) is 0 Å². The van der Waals surface area contributed by atoms with Crippen LogP contribution >= 0.6 is 0 Å². The average Bonchev–Trinajstić information content (AvgIpc) is 3.10. The highest BCUT2D eigenvalue weighted by Crippen LogP contribution is 2.38. The second-order valence-electron chi connectivity index (χ2n) is 6.86. The summed E-state index contributed by atoms with van der Waals surface area (Å²) in [5, 5.41) is 0. The van der Waals surface area contributed by atoms with E-state index >= 15 is 0 Å². The van der Waals surface area contributed by atoms with E-state index in [0.717, 1.165) is 43.9 Å². The summed E-state index contributed by atoms with van der Waals surface area (Å²) in [5.41, 5.74) is 0.892. The summed E-state index contributed by atoms with van der Waals surface area (Å²) in [6.45, 7) is 3.02. The van der Waals surface area contributed by atoms with E-state index in [0.29, 0.717) is 19.1 Å².